The van der Waals surface area contributed by atoms with Crippen molar-refractivity contribution in [3.8, 4) is 0 Å². The molecule has 0 spiro atoms. The molecule has 1 saturated heterocycles. The number of nitrogens with zero attached hydrogens (tertiary/aromatic N) is 1. The van der Waals surface area contributed by atoms with E-state index in [2.05, 4.69) is 12.1 Å². The molecule has 0 aliphatic carbocycles. The summed E-state index contributed by atoms with van der Waals surface area (Å²) in [6.07, 6.45) is 0.856. The average molecular weight is 343 g/mol. The molecule has 0 bridgehead atoms. The number of benzene rings is 3. The summed E-state index contributed by atoms with van der Waals surface area (Å²) in [4.78, 5) is 27.4. The summed E-state index contributed by atoms with van der Waals surface area (Å²) in [7, 11) is 0. The van der Waals surface area contributed by atoms with Crippen LogP contribution < -0.4 is 0 Å². The molecule has 0 unspecified atom stereocenters. The fourth-order valence-electron chi connectivity index (χ4n) is 3.92. The lowest BCUT2D eigenvalue weighted by Gasteiger charge is -2.26. The number of hydrogen-bond acceptors (Lipinski definition) is 2. The van der Waals surface area contributed by atoms with Gasteiger partial charge in [-0.25, -0.2) is 0 Å². The number of rotatable bonds is 4. The molecular weight excluding hydrogens is 322 g/mol. The molecule has 1 fully saturated rings. The summed E-state index contributed by atoms with van der Waals surface area (Å²) in [6, 6.07) is 23.9. The maximum absolute atomic E-state index is 13.3. The van der Waals surface area contributed by atoms with Crippen LogP contribution in [0.1, 0.15) is 30.9 Å². The number of likely N-dealkylation sites (tertiary alicyclic amines) is 1. The molecule has 3 aromatic carbocycles. The van der Waals surface area contributed by atoms with Crippen LogP contribution in [-0.2, 0) is 21.5 Å². The smallest absolute Gasteiger partial charge is 0.240 e. The topological polar surface area (TPSA) is 37.4 Å². The van der Waals surface area contributed by atoms with Gasteiger partial charge in [0.1, 0.15) is 0 Å². The van der Waals surface area contributed by atoms with E-state index in [9.17, 15) is 9.59 Å². The maximum Gasteiger partial charge on any atom is 0.240 e. The third-order valence-corrected chi connectivity index (χ3v) is 5.50. The predicted molar refractivity (Wildman–Crippen MR) is 103 cm³/mol. The molecule has 3 nitrogen and oxygen atoms in total. The fourth-order valence-corrected chi connectivity index (χ4v) is 3.92. The van der Waals surface area contributed by atoms with Crippen molar-refractivity contribution in [1.29, 1.82) is 0 Å². The van der Waals surface area contributed by atoms with Crippen molar-refractivity contribution < 1.29 is 9.59 Å². The number of amides is 2. The van der Waals surface area contributed by atoms with E-state index >= 15 is 0 Å². The Morgan fingerprint density at radius 1 is 0.885 bits per heavy atom. The molecule has 130 valence electrons. The first-order valence-electron chi connectivity index (χ1n) is 9.02. The summed E-state index contributed by atoms with van der Waals surface area (Å²) in [5, 5.41) is 2.24. The summed E-state index contributed by atoms with van der Waals surface area (Å²) in [5.74, 6) is -0.169. The van der Waals surface area contributed by atoms with Crippen molar-refractivity contribution in [2.24, 2.45) is 0 Å². The van der Waals surface area contributed by atoms with Crippen LogP contribution in [0.25, 0.3) is 10.8 Å². The van der Waals surface area contributed by atoms with Crippen molar-refractivity contribution in [3.05, 3.63) is 83.9 Å². The van der Waals surface area contributed by atoms with Crippen molar-refractivity contribution >= 4 is 22.6 Å². The molecule has 3 aromatic rings. The van der Waals surface area contributed by atoms with Crippen LogP contribution >= 0.6 is 0 Å². The quantitative estimate of drug-likeness (QED) is 0.657. The Hall–Kier alpha value is -2.94. The van der Waals surface area contributed by atoms with Crippen molar-refractivity contribution in [1.82, 2.24) is 4.90 Å². The Bertz CT molecular complexity index is 980. The lowest BCUT2D eigenvalue weighted by atomic mass is 9.76. The summed E-state index contributed by atoms with van der Waals surface area (Å²) in [5.41, 5.74) is 1.16. The van der Waals surface area contributed by atoms with E-state index in [1.807, 2.05) is 67.6 Å². The van der Waals surface area contributed by atoms with Crippen LogP contribution in [0.5, 0.6) is 0 Å². The molecule has 0 N–H and O–H groups in total. The zero-order valence-corrected chi connectivity index (χ0v) is 14.8. The van der Waals surface area contributed by atoms with Crippen LogP contribution in [0.2, 0.25) is 0 Å². The van der Waals surface area contributed by atoms with Crippen molar-refractivity contribution in [2.45, 2.75) is 31.7 Å². The first kappa shape index (κ1) is 16.5. The van der Waals surface area contributed by atoms with Crippen LogP contribution in [0.15, 0.2) is 72.8 Å². The maximum atomic E-state index is 13.3. The Morgan fingerprint density at radius 2 is 1.58 bits per heavy atom. The van der Waals surface area contributed by atoms with Crippen molar-refractivity contribution in [2.75, 3.05) is 0 Å². The average Bonchev–Trinajstić information content (AvgIpc) is 2.93. The summed E-state index contributed by atoms with van der Waals surface area (Å²) >= 11 is 0. The van der Waals surface area contributed by atoms with E-state index in [4.69, 9.17) is 0 Å². The van der Waals surface area contributed by atoms with Gasteiger partial charge in [-0.05, 0) is 28.3 Å². The monoisotopic (exact) mass is 343 g/mol. The molecular formula is C23H21NO2. The van der Waals surface area contributed by atoms with E-state index in [1.165, 1.54) is 4.90 Å². The van der Waals surface area contributed by atoms with Crippen molar-refractivity contribution in [3.63, 3.8) is 0 Å². The number of imide groups is 1. The third kappa shape index (κ3) is 2.60. The zero-order valence-electron chi connectivity index (χ0n) is 14.8. The molecule has 0 radical (unpaired) electrons. The SMILES string of the molecule is CC[C@@]1(c2ccc3ccccc3c2)CC(=O)N(Cc2ccccc2)C1=O. The lowest BCUT2D eigenvalue weighted by molar-refractivity contribution is -0.140. The second kappa shape index (κ2) is 6.41. The van der Waals surface area contributed by atoms with Gasteiger partial charge >= 0.3 is 0 Å². The van der Waals surface area contributed by atoms with Crippen LogP contribution in [0.3, 0.4) is 0 Å². The van der Waals surface area contributed by atoms with E-state index in [-0.39, 0.29) is 18.2 Å². The highest BCUT2D eigenvalue weighted by Gasteiger charge is 2.51. The van der Waals surface area contributed by atoms with Gasteiger partial charge in [0.15, 0.2) is 0 Å². The highest BCUT2D eigenvalue weighted by Crippen LogP contribution is 2.41. The molecule has 1 aliphatic heterocycles. The second-order valence-electron chi connectivity index (χ2n) is 6.95. The molecule has 2 amide bonds. The standard InChI is InChI=1S/C23H21NO2/c1-2-23(20-13-12-18-10-6-7-11-19(18)14-20)15-21(25)24(22(23)26)16-17-8-4-3-5-9-17/h3-14H,2,15-16H2,1H3/t23-/m0/s1. The van der Waals surface area contributed by atoms with Gasteiger partial charge in [-0.1, -0.05) is 79.7 Å². The van der Waals surface area contributed by atoms with Gasteiger partial charge in [0, 0.05) is 6.42 Å². The van der Waals surface area contributed by atoms with Gasteiger partial charge in [-0.15, -0.1) is 0 Å². The minimum atomic E-state index is -0.754. The molecule has 26 heavy (non-hydrogen) atoms. The number of hydrogen-bond donors (Lipinski definition) is 0. The normalized spacial score (nSPS) is 20.1. The highest BCUT2D eigenvalue weighted by atomic mass is 16.2. The fraction of sp³-hybridized carbons (Fsp3) is 0.217. The molecule has 0 saturated carbocycles. The van der Waals surface area contributed by atoms with Gasteiger partial charge in [0.05, 0.1) is 12.0 Å². The van der Waals surface area contributed by atoms with Crippen LogP contribution in [0, 0.1) is 0 Å². The number of fused-ring (bicyclic) bond motifs is 1. The lowest BCUT2D eigenvalue weighted by Crippen LogP contribution is -2.37. The molecule has 1 aliphatic rings. The van der Waals surface area contributed by atoms with Gasteiger partial charge in [0.2, 0.25) is 11.8 Å². The van der Waals surface area contributed by atoms with E-state index in [0.717, 1.165) is 21.9 Å². The first-order valence-corrected chi connectivity index (χ1v) is 9.02. The largest absolute Gasteiger partial charge is 0.277 e. The number of carbonyl (C=O) groups excluding carboxylic acids is 2. The molecule has 0 aromatic heterocycles. The Balaban J connectivity index is 1.73. The Labute approximate surface area is 153 Å². The second-order valence-corrected chi connectivity index (χ2v) is 6.95. The molecule has 3 heteroatoms. The molecule has 4 rings (SSSR count). The Kier molecular flexibility index (Phi) is 4.08. The van der Waals surface area contributed by atoms with Gasteiger partial charge in [0.25, 0.3) is 0 Å². The molecule has 1 heterocycles. The van der Waals surface area contributed by atoms with Crippen LogP contribution in [-0.4, -0.2) is 16.7 Å². The first-order chi connectivity index (χ1) is 12.6. The minimum Gasteiger partial charge on any atom is -0.277 e. The predicted octanol–water partition coefficient (Wildman–Crippen LogP) is 4.45. The summed E-state index contributed by atoms with van der Waals surface area (Å²) < 4.78 is 0. The van der Waals surface area contributed by atoms with Gasteiger partial charge in [-0.3, -0.25) is 14.5 Å². The summed E-state index contributed by atoms with van der Waals surface area (Å²) in [6.45, 7) is 2.33. The van der Waals surface area contributed by atoms with Gasteiger partial charge < -0.3 is 0 Å². The highest BCUT2D eigenvalue weighted by molar-refractivity contribution is 6.09. The number of carbonyl (C=O) groups is 2. The van der Waals surface area contributed by atoms with Gasteiger partial charge in [-0.2, -0.15) is 0 Å². The van der Waals surface area contributed by atoms with Crippen LogP contribution in [0.4, 0.5) is 0 Å². The zero-order chi connectivity index (χ0) is 18.1. The van der Waals surface area contributed by atoms with E-state index in [0.29, 0.717) is 13.0 Å². The third-order valence-electron chi connectivity index (χ3n) is 5.50. The van der Waals surface area contributed by atoms with E-state index < -0.39 is 5.41 Å². The Morgan fingerprint density at radius 3 is 2.31 bits per heavy atom. The minimum absolute atomic E-state index is 0.0795. The van der Waals surface area contributed by atoms with E-state index in [1.54, 1.807) is 0 Å². The molecule has 1 atom stereocenters.